The Morgan fingerprint density at radius 2 is 1.61 bits per heavy atom. The topological polar surface area (TPSA) is 66.5 Å². The van der Waals surface area contributed by atoms with Gasteiger partial charge in [0.15, 0.2) is 0 Å². The van der Waals surface area contributed by atoms with Crippen LogP contribution in [0.4, 0.5) is 11.4 Å². The summed E-state index contributed by atoms with van der Waals surface area (Å²) >= 11 is 18.4. The van der Waals surface area contributed by atoms with Crippen LogP contribution in [0.3, 0.4) is 0 Å². The average molecular weight is 498 g/mol. The maximum absolute atomic E-state index is 13.4. The lowest BCUT2D eigenvalue weighted by Crippen LogP contribution is -2.38. The van der Waals surface area contributed by atoms with Crippen LogP contribution >= 0.6 is 34.8 Å². The van der Waals surface area contributed by atoms with E-state index in [0.29, 0.717) is 5.02 Å². The fraction of sp³-hybridized carbons (Fsp3) is 0.136. The van der Waals surface area contributed by atoms with Gasteiger partial charge in [-0.2, -0.15) is 0 Å². The highest BCUT2D eigenvalue weighted by Crippen LogP contribution is 2.31. The van der Waals surface area contributed by atoms with Crippen molar-refractivity contribution in [3.63, 3.8) is 0 Å². The quantitative estimate of drug-likeness (QED) is 0.447. The van der Waals surface area contributed by atoms with Gasteiger partial charge >= 0.3 is 0 Å². The minimum atomic E-state index is -4.05. The molecule has 0 spiro atoms. The van der Waals surface area contributed by atoms with Gasteiger partial charge in [0.1, 0.15) is 6.54 Å². The maximum Gasteiger partial charge on any atom is 0.264 e. The third-order valence-corrected chi connectivity index (χ3v) is 7.58. The first-order valence-corrected chi connectivity index (χ1v) is 11.8. The van der Waals surface area contributed by atoms with Crippen LogP contribution in [0.2, 0.25) is 15.1 Å². The van der Waals surface area contributed by atoms with Crippen LogP contribution in [0.5, 0.6) is 0 Å². The number of anilines is 2. The minimum Gasteiger partial charge on any atom is -0.323 e. The summed E-state index contributed by atoms with van der Waals surface area (Å²) in [5.74, 6) is -0.587. The molecule has 3 aromatic carbocycles. The number of rotatable bonds is 6. The number of carbonyl (C=O) groups excluding carboxylic acids is 1. The van der Waals surface area contributed by atoms with Crippen molar-refractivity contribution < 1.29 is 13.2 Å². The molecule has 0 aliphatic heterocycles. The molecule has 0 saturated heterocycles. The van der Waals surface area contributed by atoms with Gasteiger partial charge in [0.25, 0.3) is 10.0 Å². The second-order valence-electron chi connectivity index (χ2n) is 6.91. The molecule has 0 radical (unpaired) electrons. The lowest BCUT2D eigenvalue weighted by Gasteiger charge is -2.25. The van der Waals surface area contributed by atoms with Crippen LogP contribution in [-0.2, 0) is 14.8 Å². The van der Waals surface area contributed by atoms with E-state index in [9.17, 15) is 13.2 Å². The lowest BCUT2D eigenvalue weighted by atomic mass is 10.2. The van der Waals surface area contributed by atoms with Crippen LogP contribution < -0.4 is 9.62 Å². The summed E-state index contributed by atoms with van der Waals surface area (Å²) in [6.45, 7) is 3.17. The van der Waals surface area contributed by atoms with E-state index in [1.54, 1.807) is 49.4 Å². The molecule has 3 aromatic rings. The van der Waals surface area contributed by atoms with Crippen LogP contribution in [-0.4, -0.2) is 20.9 Å². The SMILES string of the molecule is Cc1ccc(S(=O)(=O)N(CC(=O)Nc2cccc(Cl)c2Cl)c2ccc(C)c(Cl)c2)cc1. The molecule has 162 valence electrons. The van der Waals surface area contributed by atoms with Gasteiger partial charge in [-0.3, -0.25) is 9.10 Å². The summed E-state index contributed by atoms with van der Waals surface area (Å²) in [5, 5.41) is 3.45. The molecule has 9 heteroatoms. The number of amides is 1. The van der Waals surface area contributed by atoms with Crippen molar-refractivity contribution in [1.29, 1.82) is 0 Å². The highest BCUT2D eigenvalue weighted by Gasteiger charge is 2.28. The minimum absolute atomic E-state index is 0.0587. The number of benzene rings is 3. The van der Waals surface area contributed by atoms with Crippen molar-refractivity contribution in [3.05, 3.63) is 86.9 Å². The van der Waals surface area contributed by atoms with Gasteiger partial charge < -0.3 is 5.32 Å². The number of halogens is 3. The van der Waals surface area contributed by atoms with E-state index in [0.717, 1.165) is 15.4 Å². The molecule has 0 unspecified atom stereocenters. The number of nitrogens with one attached hydrogen (secondary N) is 1. The molecule has 0 aliphatic carbocycles. The van der Waals surface area contributed by atoms with Gasteiger partial charge in [-0.1, -0.05) is 64.6 Å². The van der Waals surface area contributed by atoms with Gasteiger partial charge in [0.2, 0.25) is 5.91 Å². The monoisotopic (exact) mass is 496 g/mol. The van der Waals surface area contributed by atoms with Gasteiger partial charge in [-0.15, -0.1) is 0 Å². The Labute approximate surface area is 196 Å². The number of hydrogen-bond donors (Lipinski definition) is 1. The first kappa shape index (κ1) is 23.4. The Kier molecular flexibility index (Phi) is 7.17. The molecule has 0 heterocycles. The maximum atomic E-state index is 13.4. The molecule has 0 atom stereocenters. The number of aryl methyl sites for hydroxylation is 2. The molecule has 0 aliphatic rings. The zero-order valence-corrected chi connectivity index (χ0v) is 19.8. The van der Waals surface area contributed by atoms with Crippen LogP contribution in [0.25, 0.3) is 0 Å². The first-order chi connectivity index (χ1) is 14.6. The highest BCUT2D eigenvalue weighted by atomic mass is 35.5. The average Bonchev–Trinajstić information content (AvgIpc) is 2.72. The lowest BCUT2D eigenvalue weighted by molar-refractivity contribution is -0.114. The van der Waals surface area contributed by atoms with Crippen molar-refractivity contribution in [2.24, 2.45) is 0 Å². The summed E-state index contributed by atoms with van der Waals surface area (Å²) in [6.07, 6.45) is 0. The molecule has 0 aromatic heterocycles. The Balaban J connectivity index is 1.99. The molecular weight excluding hydrogens is 479 g/mol. The number of carbonyl (C=O) groups is 1. The van der Waals surface area contributed by atoms with Crippen molar-refractivity contribution in [2.75, 3.05) is 16.2 Å². The second kappa shape index (κ2) is 9.49. The smallest absolute Gasteiger partial charge is 0.264 e. The Morgan fingerprint density at radius 1 is 0.935 bits per heavy atom. The molecule has 0 saturated carbocycles. The fourth-order valence-electron chi connectivity index (χ4n) is 2.81. The third-order valence-electron chi connectivity index (χ3n) is 4.57. The third kappa shape index (κ3) is 5.33. The highest BCUT2D eigenvalue weighted by molar-refractivity contribution is 7.92. The summed E-state index contributed by atoms with van der Waals surface area (Å²) in [6, 6.07) is 16.0. The molecule has 5 nitrogen and oxygen atoms in total. The van der Waals surface area contributed by atoms with E-state index < -0.39 is 22.5 Å². The summed E-state index contributed by atoms with van der Waals surface area (Å²) in [7, 11) is -4.05. The van der Waals surface area contributed by atoms with E-state index in [4.69, 9.17) is 34.8 Å². The normalized spacial score (nSPS) is 11.3. The van der Waals surface area contributed by atoms with Gasteiger partial charge in [0.05, 0.1) is 26.3 Å². The van der Waals surface area contributed by atoms with Gasteiger partial charge in [-0.25, -0.2) is 8.42 Å². The Hall–Kier alpha value is -2.25. The summed E-state index contributed by atoms with van der Waals surface area (Å²) in [4.78, 5) is 12.9. The number of hydrogen-bond acceptors (Lipinski definition) is 3. The Morgan fingerprint density at radius 3 is 2.26 bits per heavy atom. The molecule has 3 rings (SSSR count). The van der Waals surface area contributed by atoms with E-state index in [1.165, 1.54) is 18.2 Å². The predicted molar refractivity (Wildman–Crippen MR) is 127 cm³/mol. The van der Waals surface area contributed by atoms with Crippen molar-refractivity contribution in [3.8, 4) is 0 Å². The molecule has 31 heavy (non-hydrogen) atoms. The van der Waals surface area contributed by atoms with Gasteiger partial charge in [0, 0.05) is 5.02 Å². The number of nitrogens with zero attached hydrogens (tertiary/aromatic N) is 1. The first-order valence-electron chi connectivity index (χ1n) is 9.19. The van der Waals surface area contributed by atoms with Crippen LogP contribution in [0.1, 0.15) is 11.1 Å². The largest absolute Gasteiger partial charge is 0.323 e. The predicted octanol–water partition coefficient (Wildman–Crippen LogP) is 6.10. The van der Waals surface area contributed by atoms with E-state index in [-0.39, 0.29) is 26.3 Å². The molecule has 1 amide bonds. The molecule has 1 N–H and O–H groups in total. The van der Waals surface area contributed by atoms with Crippen molar-refractivity contribution in [2.45, 2.75) is 18.7 Å². The Bertz CT molecular complexity index is 1230. The summed E-state index contributed by atoms with van der Waals surface area (Å²) < 4.78 is 27.8. The zero-order valence-electron chi connectivity index (χ0n) is 16.7. The van der Waals surface area contributed by atoms with Crippen molar-refractivity contribution >= 4 is 62.1 Å². The standard InChI is InChI=1S/C22H19Cl3N2O3S/c1-14-6-10-17(11-7-14)31(29,30)27(16-9-8-15(2)19(24)12-16)13-21(28)26-20-5-3-4-18(23)22(20)25/h3-12H,13H2,1-2H3,(H,26,28). The fourth-order valence-corrected chi connectivity index (χ4v) is 4.75. The van der Waals surface area contributed by atoms with Crippen LogP contribution in [0.15, 0.2) is 65.6 Å². The second-order valence-corrected chi connectivity index (χ2v) is 9.96. The zero-order chi connectivity index (χ0) is 22.8. The molecule has 0 fully saturated rings. The van der Waals surface area contributed by atoms with E-state index >= 15 is 0 Å². The van der Waals surface area contributed by atoms with Crippen molar-refractivity contribution in [1.82, 2.24) is 0 Å². The van der Waals surface area contributed by atoms with Crippen LogP contribution in [0, 0.1) is 13.8 Å². The van der Waals surface area contributed by atoms with Gasteiger partial charge in [-0.05, 0) is 55.8 Å². The molecular formula is C22H19Cl3N2O3S. The molecule has 0 bridgehead atoms. The van der Waals surface area contributed by atoms with E-state index in [2.05, 4.69) is 5.32 Å². The summed E-state index contributed by atoms with van der Waals surface area (Å²) in [5.41, 5.74) is 2.25. The van der Waals surface area contributed by atoms with E-state index in [1.807, 2.05) is 6.92 Å². The number of sulfonamides is 1.